The largest absolute Gasteiger partial charge is 0.395 e. The van der Waals surface area contributed by atoms with Gasteiger partial charge < -0.3 is 5.73 Å². The molecule has 0 saturated carbocycles. The maximum absolute atomic E-state index is 8.78. The normalized spacial score (nSPS) is 10.2. The quantitative estimate of drug-likeness (QED) is 0.647. The number of hydrogen-bond acceptors (Lipinski definition) is 3. The van der Waals surface area contributed by atoms with E-state index in [0.29, 0.717) is 11.4 Å². The molecule has 2 aromatic rings. The Bertz CT molecular complexity index is 504. The molecular formula is C9H8N4. The first-order chi connectivity index (χ1) is 6.24. The molecular weight excluding hydrogens is 164 g/mol. The average molecular weight is 172 g/mol. The first kappa shape index (κ1) is 7.62. The minimum Gasteiger partial charge on any atom is -0.395 e. The number of nitrogen functional groups attached to an aromatic ring is 1. The van der Waals surface area contributed by atoms with Crippen molar-refractivity contribution >= 4 is 11.2 Å². The molecule has 0 aliphatic carbocycles. The van der Waals surface area contributed by atoms with Gasteiger partial charge in [-0.05, 0) is 19.1 Å². The van der Waals surface area contributed by atoms with Gasteiger partial charge in [0.15, 0.2) is 0 Å². The van der Waals surface area contributed by atoms with E-state index < -0.39 is 0 Å². The molecule has 4 nitrogen and oxygen atoms in total. The molecule has 0 radical (unpaired) electrons. The van der Waals surface area contributed by atoms with Crippen LogP contribution >= 0.6 is 0 Å². The van der Waals surface area contributed by atoms with Crippen LogP contribution in [0.5, 0.6) is 0 Å². The summed E-state index contributed by atoms with van der Waals surface area (Å²) in [5.41, 5.74) is 8.44. The van der Waals surface area contributed by atoms with Gasteiger partial charge in [-0.1, -0.05) is 6.07 Å². The lowest BCUT2D eigenvalue weighted by Crippen LogP contribution is -1.93. The fourth-order valence-corrected chi connectivity index (χ4v) is 1.29. The molecule has 0 saturated heterocycles. The number of rotatable bonds is 0. The molecule has 2 heterocycles. The molecule has 0 aliphatic heterocycles. The molecule has 64 valence electrons. The molecule has 0 bridgehead atoms. The Morgan fingerprint density at radius 3 is 3.00 bits per heavy atom. The highest BCUT2D eigenvalue weighted by atomic mass is 15.2. The van der Waals surface area contributed by atoms with Crippen molar-refractivity contribution < 1.29 is 0 Å². The molecule has 2 rings (SSSR count). The number of anilines is 1. The van der Waals surface area contributed by atoms with E-state index in [4.69, 9.17) is 11.0 Å². The molecule has 2 aromatic heterocycles. The van der Waals surface area contributed by atoms with E-state index in [0.717, 1.165) is 11.2 Å². The first-order valence-corrected chi connectivity index (χ1v) is 3.88. The summed E-state index contributed by atoms with van der Waals surface area (Å²) >= 11 is 0. The number of aromatic nitrogens is 2. The van der Waals surface area contributed by atoms with E-state index in [1.807, 2.05) is 13.0 Å². The summed E-state index contributed by atoms with van der Waals surface area (Å²) in [5, 5.41) is 12.9. The van der Waals surface area contributed by atoms with E-state index in [9.17, 15) is 0 Å². The average Bonchev–Trinajstić information content (AvgIpc) is 2.43. The van der Waals surface area contributed by atoms with Crippen molar-refractivity contribution in [2.45, 2.75) is 6.92 Å². The summed E-state index contributed by atoms with van der Waals surface area (Å²) in [6.45, 7) is 1.82. The summed E-state index contributed by atoms with van der Waals surface area (Å²) in [7, 11) is 0. The van der Waals surface area contributed by atoms with Crippen molar-refractivity contribution in [3.05, 3.63) is 29.6 Å². The predicted octanol–water partition coefficient (Wildman–Crippen LogP) is 1.10. The second kappa shape index (κ2) is 2.49. The van der Waals surface area contributed by atoms with Crippen LogP contribution in [0.2, 0.25) is 0 Å². The fourth-order valence-electron chi connectivity index (χ4n) is 1.29. The summed E-state index contributed by atoms with van der Waals surface area (Å²) in [6.07, 6.45) is 0. The van der Waals surface area contributed by atoms with Gasteiger partial charge in [0.25, 0.3) is 0 Å². The number of fused-ring (bicyclic) bond motifs is 1. The minimum atomic E-state index is 0.498. The molecule has 13 heavy (non-hydrogen) atoms. The number of nitrogens with zero attached hydrogens (tertiary/aromatic N) is 3. The van der Waals surface area contributed by atoms with Crippen LogP contribution in [-0.2, 0) is 0 Å². The lowest BCUT2D eigenvalue weighted by molar-refractivity contribution is 0.917. The molecule has 0 aromatic carbocycles. The van der Waals surface area contributed by atoms with Crippen LogP contribution in [0, 0.1) is 18.3 Å². The number of hydrogen-bond donors (Lipinski definition) is 1. The van der Waals surface area contributed by atoms with Gasteiger partial charge in [-0.25, -0.2) is 4.52 Å². The van der Waals surface area contributed by atoms with Crippen molar-refractivity contribution in [1.82, 2.24) is 9.61 Å². The van der Waals surface area contributed by atoms with Gasteiger partial charge in [-0.3, -0.25) is 0 Å². The number of pyridine rings is 1. The highest BCUT2D eigenvalue weighted by Crippen LogP contribution is 2.18. The number of aryl methyl sites for hydroxylation is 1. The Balaban J connectivity index is 2.95. The molecule has 0 atom stereocenters. The third kappa shape index (κ3) is 0.942. The summed E-state index contributed by atoms with van der Waals surface area (Å²) in [5.74, 6) is 0. The third-order valence-corrected chi connectivity index (χ3v) is 1.99. The van der Waals surface area contributed by atoms with Crippen LogP contribution in [0.25, 0.3) is 5.52 Å². The van der Waals surface area contributed by atoms with E-state index in [1.54, 1.807) is 16.6 Å². The Kier molecular flexibility index (Phi) is 1.46. The second-order valence-corrected chi connectivity index (χ2v) is 2.82. The predicted molar refractivity (Wildman–Crippen MR) is 49.1 cm³/mol. The Morgan fingerprint density at radius 2 is 2.31 bits per heavy atom. The minimum absolute atomic E-state index is 0.498. The van der Waals surface area contributed by atoms with Crippen LogP contribution in [0.3, 0.4) is 0 Å². The van der Waals surface area contributed by atoms with Gasteiger partial charge in [-0.2, -0.15) is 10.4 Å². The molecule has 0 aliphatic rings. The standard InChI is InChI=1S/C9H8N4/c1-6-9(11)8-4-2-3-7(5-10)13(8)12-6/h2-4H,11H2,1H3. The molecule has 2 N–H and O–H groups in total. The van der Waals surface area contributed by atoms with Crippen LogP contribution in [0.1, 0.15) is 11.4 Å². The van der Waals surface area contributed by atoms with Crippen molar-refractivity contribution in [3.63, 3.8) is 0 Å². The summed E-state index contributed by atoms with van der Waals surface area (Å²) < 4.78 is 1.56. The van der Waals surface area contributed by atoms with Gasteiger partial charge in [-0.15, -0.1) is 0 Å². The SMILES string of the molecule is Cc1nn2c(C#N)cccc2c1N. The second-order valence-electron chi connectivity index (χ2n) is 2.82. The van der Waals surface area contributed by atoms with Crippen LogP contribution < -0.4 is 5.73 Å². The molecule has 0 spiro atoms. The van der Waals surface area contributed by atoms with Crippen molar-refractivity contribution in [2.24, 2.45) is 0 Å². The van der Waals surface area contributed by atoms with Crippen molar-refractivity contribution in [2.75, 3.05) is 5.73 Å². The van der Waals surface area contributed by atoms with E-state index in [2.05, 4.69) is 11.2 Å². The molecule has 0 unspecified atom stereocenters. The number of nitrogens with two attached hydrogens (primary N) is 1. The van der Waals surface area contributed by atoms with E-state index in [1.165, 1.54) is 0 Å². The van der Waals surface area contributed by atoms with Crippen molar-refractivity contribution in [3.8, 4) is 6.07 Å². The topological polar surface area (TPSA) is 67.1 Å². The summed E-state index contributed by atoms with van der Waals surface area (Å²) in [4.78, 5) is 0. The van der Waals surface area contributed by atoms with Gasteiger partial charge in [0, 0.05) is 0 Å². The molecule has 0 amide bonds. The van der Waals surface area contributed by atoms with Crippen molar-refractivity contribution in [1.29, 1.82) is 5.26 Å². The Morgan fingerprint density at radius 1 is 1.54 bits per heavy atom. The molecule has 0 fully saturated rings. The van der Waals surface area contributed by atoms with Crippen LogP contribution in [0.15, 0.2) is 18.2 Å². The molecule has 4 heteroatoms. The van der Waals surface area contributed by atoms with Gasteiger partial charge in [0.1, 0.15) is 11.8 Å². The maximum Gasteiger partial charge on any atom is 0.142 e. The lowest BCUT2D eigenvalue weighted by Gasteiger charge is -1.94. The smallest absolute Gasteiger partial charge is 0.142 e. The zero-order valence-corrected chi connectivity index (χ0v) is 7.15. The van der Waals surface area contributed by atoms with Gasteiger partial charge in [0.2, 0.25) is 0 Å². The number of nitriles is 1. The Labute approximate surface area is 75.2 Å². The van der Waals surface area contributed by atoms with E-state index >= 15 is 0 Å². The summed E-state index contributed by atoms with van der Waals surface area (Å²) in [6, 6.07) is 7.40. The Hall–Kier alpha value is -2.02. The van der Waals surface area contributed by atoms with Crippen LogP contribution in [0.4, 0.5) is 5.69 Å². The highest BCUT2D eigenvalue weighted by molar-refractivity contribution is 5.72. The van der Waals surface area contributed by atoms with Crippen LogP contribution in [-0.4, -0.2) is 9.61 Å². The monoisotopic (exact) mass is 172 g/mol. The first-order valence-electron chi connectivity index (χ1n) is 3.88. The fraction of sp³-hybridized carbons (Fsp3) is 0.111. The highest BCUT2D eigenvalue weighted by Gasteiger charge is 2.07. The van der Waals surface area contributed by atoms with Gasteiger partial charge in [0.05, 0.1) is 16.9 Å². The lowest BCUT2D eigenvalue weighted by atomic mass is 10.3. The zero-order valence-electron chi connectivity index (χ0n) is 7.15. The van der Waals surface area contributed by atoms with Gasteiger partial charge >= 0.3 is 0 Å². The zero-order chi connectivity index (χ0) is 9.42. The third-order valence-electron chi connectivity index (χ3n) is 1.99. The maximum atomic E-state index is 8.78. The van der Waals surface area contributed by atoms with E-state index in [-0.39, 0.29) is 0 Å².